The van der Waals surface area contributed by atoms with Crippen LogP contribution in [-0.4, -0.2) is 78.2 Å². The molecule has 1 aromatic heterocycles. The first-order chi connectivity index (χ1) is 17.8. The number of carbonyl (C=O) groups excluding carboxylic acids is 2. The molecule has 0 radical (unpaired) electrons. The van der Waals surface area contributed by atoms with Gasteiger partial charge in [0, 0.05) is 42.7 Å². The summed E-state index contributed by atoms with van der Waals surface area (Å²) in [5, 5.41) is 6.89. The third-order valence-electron chi connectivity index (χ3n) is 6.07. The highest BCUT2D eigenvalue weighted by atomic mass is 19.4. The van der Waals surface area contributed by atoms with Gasteiger partial charge in [-0.25, -0.2) is 18.0 Å². The fraction of sp³-hybridized carbons (Fsp3) is 0.542. The molecule has 2 heterocycles. The minimum Gasteiger partial charge on any atom is -0.375 e. The minimum atomic E-state index is -4.93. The van der Waals surface area contributed by atoms with E-state index in [0.717, 1.165) is 6.07 Å². The Hall–Kier alpha value is -3.13. The molecule has 2 atom stereocenters. The summed E-state index contributed by atoms with van der Waals surface area (Å²) in [5.41, 5.74) is -0.451. The number of hydrogen-bond donors (Lipinski definition) is 1. The second kappa shape index (κ2) is 12.2. The van der Waals surface area contributed by atoms with E-state index in [1.54, 1.807) is 6.92 Å². The molecule has 1 N–H and O–H groups in total. The van der Waals surface area contributed by atoms with Crippen LogP contribution in [-0.2, 0) is 30.4 Å². The fourth-order valence-electron chi connectivity index (χ4n) is 4.42. The molecule has 2 unspecified atom stereocenters. The Morgan fingerprint density at radius 3 is 2.61 bits per heavy atom. The zero-order valence-electron chi connectivity index (χ0n) is 21.1. The highest BCUT2D eigenvalue weighted by molar-refractivity contribution is 5.90. The lowest BCUT2D eigenvalue weighted by atomic mass is 10.00. The quantitative estimate of drug-likeness (QED) is 0.354. The highest BCUT2D eigenvalue weighted by Crippen LogP contribution is 2.33. The summed E-state index contributed by atoms with van der Waals surface area (Å²) >= 11 is 0. The number of hydrogen-bond acceptors (Lipinski definition) is 5. The number of aromatic nitrogens is 2. The number of fused-ring (bicyclic) bond motifs is 1. The summed E-state index contributed by atoms with van der Waals surface area (Å²) in [4.78, 5) is 28.2. The molecular weight excluding hydrogens is 520 g/mol. The highest BCUT2D eigenvalue weighted by Gasteiger charge is 2.35. The first kappa shape index (κ1) is 29.4. The van der Waals surface area contributed by atoms with Crippen LogP contribution in [0.25, 0.3) is 0 Å². The summed E-state index contributed by atoms with van der Waals surface area (Å²) in [6, 6.07) is 1.03. The molecule has 0 saturated carbocycles. The maximum absolute atomic E-state index is 13.6. The van der Waals surface area contributed by atoms with Crippen LogP contribution >= 0.6 is 0 Å². The monoisotopic (exact) mass is 549 g/mol. The predicted molar refractivity (Wildman–Crippen MR) is 126 cm³/mol. The summed E-state index contributed by atoms with van der Waals surface area (Å²) in [6.45, 7) is 1.69. The van der Waals surface area contributed by atoms with Gasteiger partial charge in [-0.2, -0.15) is 18.3 Å². The van der Waals surface area contributed by atoms with Gasteiger partial charge in [0.2, 0.25) is 0 Å². The van der Waals surface area contributed by atoms with Crippen molar-refractivity contribution in [1.29, 1.82) is 0 Å². The average molecular weight is 550 g/mol. The molecule has 8 nitrogen and oxygen atoms in total. The molecule has 0 fully saturated rings. The molecule has 3 rings (SSSR count). The van der Waals surface area contributed by atoms with Crippen molar-refractivity contribution in [2.24, 2.45) is 5.92 Å². The number of aldehydes is 1. The number of nitrogens with zero attached hydrogens (tertiary/aromatic N) is 4. The molecule has 1 aromatic carbocycles. The first-order valence-electron chi connectivity index (χ1n) is 11.8. The Labute approximate surface area is 215 Å². The van der Waals surface area contributed by atoms with Crippen LogP contribution in [0, 0.1) is 11.7 Å². The Bertz CT molecular complexity index is 1140. The molecule has 0 bridgehead atoms. The van der Waals surface area contributed by atoms with Gasteiger partial charge >= 0.3 is 12.2 Å². The zero-order chi connectivity index (χ0) is 28.2. The van der Waals surface area contributed by atoms with Gasteiger partial charge in [-0.3, -0.25) is 9.48 Å². The van der Waals surface area contributed by atoms with Crippen LogP contribution in [0.3, 0.4) is 0 Å². The number of rotatable bonds is 10. The summed E-state index contributed by atoms with van der Waals surface area (Å²) in [6.07, 6.45) is -6.67. The Morgan fingerprint density at radius 1 is 1.29 bits per heavy atom. The Kier molecular flexibility index (Phi) is 9.41. The van der Waals surface area contributed by atoms with Crippen molar-refractivity contribution >= 4 is 18.0 Å². The molecule has 38 heavy (non-hydrogen) atoms. The third-order valence-corrected chi connectivity index (χ3v) is 6.07. The Morgan fingerprint density at radius 2 is 2.00 bits per heavy atom. The van der Waals surface area contributed by atoms with E-state index in [4.69, 9.17) is 4.74 Å². The largest absolute Gasteiger partial charge is 0.419 e. The maximum atomic E-state index is 13.6. The molecule has 210 valence electrons. The number of anilines is 1. The van der Waals surface area contributed by atoms with Gasteiger partial charge < -0.3 is 19.9 Å². The number of benzene rings is 1. The van der Waals surface area contributed by atoms with Gasteiger partial charge in [0.25, 0.3) is 6.43 Å². The van der Waals surface area contributed by atoms with E-state index in [0.29, 0.717) is 36.2 Å². The molecular formula is C24H29F6N5O3. The molecule has 2 aromatic rings. The van der Waals surface area contributed by atoms with Crippen LogP contribution in [0.2, 0.25) is 0 Å². The van der Waals surface area contributed by atoms with Crippen LogP contribution in [0.5, 0.6) is 0 Å². The van der Waals surface area contributed by atoms with Crippen molar-refractivity contribution in [2.45, 2.75) is 45.1 Å². The number of ether oxygens (including phenoxy) is 1. The van der Waals surface area contributed by atoms with Crippen LogP contribution < -0.4 is 5.32 Å². The van der Waals surface area contributed by atoms with Crippen LogP contribution in [0.4, 0.5) is 36.8 Å². The van der Waals surface area contributed by atoms with Crippen LogP contribution in [0.15, 0.2) is 18.2 Å². The average Bonchev–Trinajstić information content (AvgIpc) is 3.13. The van der Waals surface area contributed by atoms with Gasteiger partial charge in [0.05, 0.1) is 24.4 Å². The lowest BCUT2D eigenvalue weighted by Crippen LogP contribution is -2.44. The normalized spacial score (nSPS) is 16.6. The van der Waals surface area contributed by atoms with E-state index < -0.39 is 42.7 Å². The number of urea groups is 1. The second-order valence-corrected chi connectivity index (χ2v) is 9.47. The van der Waals surface area contributed by atoms with E-state index in [1.165, 1.54) is 9.58 Å². The smallest absolute Gasteiger partial charge is 0.375 e. The van der Waals surface area contributed by atoms with Crippen molar-refractivity contribution in [3.8, 4) is 0 Å². The van der Waals surface area contributed by atoms with Crippen molar-refractivity contribution < 1.29 is 40.7 Å². The number of alkyl halides is 5. The molecule has 1 aliphatic heterocycles. The van der Waals surface area contributed by atoms with Gasteiger partial charge in [0.1, 0.15) is 18.1 Å². The standard InChI is InChI=1S/C24H29F6N5O3/c1-14-6-20-17(10-34(14)23(37)31-16-4-5-19(25)18(7-16)24(28,29)30)21(11-36)35(32-20)9-15(8-33(2)3)12-38-13-22(26)27/h4-5,7,11,14-15,22H,6,8-10,12-13H2,1-3H3,(H,31,37). The van der Waals surface area contributed by atoms with Crippen molar-refractivity contribution in [3.63, 3.8) is 0 Å². The number of halogens is 6. The first-order valence-corrected chi connectivity index (χ1v) is 11.8. The fourth-order valence-corrected chi connectivity index (χ4v) is 4.42. The molecule has 0 aliphatic carbocycles. The maximum Gasteiger partial charge on any atom is 0.419 e. The lowest BCUT2D eigenvalue weighted by Gasteiger charge is -2.33. The van der Waals surface area contributed by atoms with E-state index in [2.05, 4.69) is 10.4 Å². The van der Waals surface area contributed by atoms with Crippen molar-refractivity contribution in [3.05, 3.63) is 46.5 Å². The summed E-state index contributed by atoms with van der Waals surface area (Å²) in [7, 11) is 3.62. The van der Waals surface area contributed by atoms with Crippen molar-refractivity contribution in [2.75, 3.05) is 39.2 Å². The lowest BCUT2D eigenvalue weighted by molar-refractivity contribution is -0.139. The number of amides is 2. The topological polar surface area (TPSA) is 79.7 Å². The van der Waals surface area contributed by atoms with E-state index in [9.17, 15) is 35.9 Å². The predicted octanol–water partition coefficient (Wildman–Crippen LogP) is 4.29. The number of nitrogens with one attached hydrogen (secondary N) is 1. The minimum absolute atomic E-state index is 0.0217. The second-order valence-electron chi connectivity index (χ2n) is 9.47. The van der Waals surface area contributed by atoms with E-state index >= 15 is 0 Å². The van der Waals surface area contributed by atoms with Crippen LogP contribution in [0.1, 0.15) is 34.2 Å². The van der Waals surface area contributed by atoms with E-state index in [1.807, 2.05) is 19.0 Å². The zero-order valence-corrected chi connectivity index (χ0v) is 21.1. The van der Waals surface area contributed by atoms with Gasteiger partial charge in [0.15, 0.2) is 6.29 Å². The summed E-state index contributed by atoms with van der Waals surface area (Å²) in [5.74, 6) is -1.72. The van der Waals surface area contributed by atoms with Gasteiger partial charge in [-0.15, -0.1) is 0 Å². The molecule has 0 saturated heterocycles. The number of carbonyl (C=O) groups is 2. The van der Waals surface area contributed by atoms with Gasteiger partial charge in [-0.05, 0) is 39.2 Å². The molecule has 2 amide bonds. The van der Waals surface area contributed by atoms with E-state index in [-0.39, 0.29) is 43.4 Å². The molecule has 1 aliphatic rings. The summed E-state index contributed by atoms with van der Waals surface area (Å²) < 4.78 is 84.4. The van der Waals surface area contributed by atoms with Crippen molar-refractivity contribution in [1.82, 2.24) is 19.6 Å². The molecule has 14 heteroatoms. The Balaban J connectivity index is 1.79. The van der Waals surface area contributed by atoms with Gasteiger partial charge in [-0.1, -0.05) is 0 Å². The molecule has 0 spiro atoms. The third kappa shape index (κ3) is 7.25. The SMILES string of the molecule is CC1Cc2nn(CC(COCC(F)F)CN(C)C)c(C=O)c2CN1C(=O)Nc1ccc(F)c(C(F)(F)F)c1.